The molecule has 0 aliphatic rings. The quantitative estimate of drug-likeness (QED) is 0.482. The molecule has 0 heterocycles. The number of rotatable bonds is 10. The van der Waals surface area contributed by atoms with Gasteiger partial charge < -0.3 is 10.2 Å². The highest BCUT2D eigenvalue weighted by molar-refractivity contribution is 7.92. The van der Waals surface area contributed by atoms with E-state index in [2.05, 4.69) is 5.32 Å². The summed E-state index contributed by atoms with van der Waals surface area (Å²) in [5, 5.41) is 4.23. The summed E-state index contributed by atoms with van der Waals surface area (Å²) in [5.41, 5.74) is 1.46. The molecule has 1 N–H and O–H groups in total. The molecule has 0 aromatic heterocycles. The van der Waals surface area contributed by atoms with Crippen molar-refractivity contribution in [3.8, 4) is 0 Å². The fourth-order valence-corrected chi connectivity index (χ4v) is 4.94. The summed E-state index contributed by atoms with van der Waals surface area (Å²) in [4.78, 5) is 27.7. The number of benzene rings is 3. The zero-order valence-electron chi connectivity index (χ0n) is 19.8. The van der Waals surface area contributed by atoms with E-state index in [4.69, 9.17) is 0 Å². The van der Waals surface area contributed by atoms with Crippen LogP contribution in [0.2, 0.25) is 0 Å². The van der Waals surface area contributed by atoms with Crippen LogP contribution in [0, 0.1) is 0 Å². The highest BCUT2D eigenvalue weighted by Gasteiger charge is 2.31. The Hall–Kier alpha value is -3.39. The molecule has 180 valence electrons. The van der Waals surface area contributed by atoms with Crippen LogP contribution in [0.1, 0.15) is 18.9 Å². The number of amides is 2. The first kappa shape index (κ1) is 25.2. The smallest absolute Gasteiger partial charge is 0.244 e. The molecule has 0 saturated heterocycles. The predicted molar refractivity (Wildman–Crippen MR) is 136 cm³/mol. The van der Waals surface area contributed by atoms with Gasteiger partial charge in [0.2, 0.25) is 21.8 Å². The first-order chi connectivity index (χ1) is 16.3. The minimum Gasteiger partial charge on any atom is -0.357 e. The van der Waals surface area contributed by atoms with Crippen LogP contribution in [0.4, 0.5) is 5.69 Å². The van der Waals surface area contributed by atoms with E-state index >= 15 is 0 Å². The van der Waals surface area contributed by atoms with Gasteiger partial charge in [0.1, 0.15) is 12.6 Å². The van der Waals surface area contributed by atoms with E-state index in [0.29, 0.717) is 25.1 Å². The van der Waals surface area contributed by atoms with Crippen molar-refractivity contribution in [3.05, 3.63) is 78.4 Å². The molecule has 1 atom stereocenters. The Labute approximate surface area is 201 Å². The normalized spacial score (nSPS) is 12.2. The number of anilines is 1. The Morgan fingerprint density at radius 2 is 1.59 bits per heavy atom. The van der Waals surface area contributed by atoms with Gasteiger partial charge in [-0.25, -0.2) is 8.42 Å². The molecule has 3 aromatic carbocycles. The number of fused-ring (bicyclic) bond motifs is 1. The second kappa shape index (κ2) is 11.2. The molecule has 0 aliphatic heterocycles. The summed E-state index contributed by atoms with van der Waals surface area (Å²) in [6.45, 7) is 1.73. The van der Waals surface area contributed by atoms with Crippen molar-refractivity contribution in [1.82, 2.24) is 10.2 Å². The number of sulfonamides is 1. The SMILES string of the molecule is CC[C@H](C(=O)NC)N(CCc1ccccc1)C(=O)CN(c1cccc2ccccc12)S(C)(=O)=O. The maximum absolute atomic E-state index is 13.6. The molecule has 7 nitrogen and oxygen atoms in total. The molecule has 2 amide bonds. The summed E-state index contributed by atoms with van der Waals surface area (Å²) >= 11 is 0. The summed E-state index contributed by atoms with van der Waals surface area (Å²) < 4.78 is 26.8. The average molecular weight is 482 g/mol. The molecule has 0 bridgehead atoms. The third-order valence-electron chi connectivity index (χ3n) is 5.83. The fourth-order valence-electron chi connectivity index (χ4n) is 4.08. The number of likely N-dealkylation sites (N-methyl/N-ethyl adjacent to an activating group) is 1. The largest absolute Gasteiger partial charge is 0.357 e. The van der Waals surface area contributed by atoms with Crippen molar-refractivity contribution < 1.29 is 18.0 Å². The van der Waals surface area contributed by atoms with E-state index < -0.39 is 28.5 Å². The van der Waals surface area contributed by atoms with Gasteiger partial charge >= 0.3 is 0 Å². The minimum absolute atomic E-state index is 0.278. The van der Waals surface area contributed by atoms with E-state index in [1.54, 1.807) is 12.1 Å². The van der Waals surface area contributed by atoms with Crippen molar-refractivity contribution >= 4 is 38.3 Å². The summed E-state index contributed by atoms with van der Waals surface area (Å²) in [5.74, 6) is -0.704. The van der Waals surface area contributed by atoms with Crippen molar-refractivity contribution in [2.75, 3.05) is 30.7 Å². The van der Waals surface area contributed by atoms with Gasteiger partial charge in [-0.2, -0.15) is 0 Å². The third-order valence-corrected chi connectivity index (χ3v) is 6.96. The standard InChI is InChI=1S/C26H31N3O4S/c1-4-23(26(31)27-2)28(18-17-20-11-6-5-7-12-20)25(30)19-29(34(3,32)33)24-16-10-14-21-13-8-9-15-22(21)24/h5-16,23H,4,17-19H2,1-3H3,(H,27,31)/t23-/m1/s1. The van der Waals surface area contributed by atoms with Crippen LogP contribution in [-0.4, -0.2) is 57.6 Å². The number of hydrogen-bond donors (Lipinski definition) is 1. The molecule has 0 saturated carbocycles. The lowest BCUT2D eigenvalue weighted by Gasteiger charge is -2.32. The van der Waals surface area contributed by atoms with Gasteiger partial charge in [-0.15, -0.1) is 0 Å². The molecule has 0 fully saturated rings. The van der Waals surface area contributed by atoms with Crippen molar-refractivity contribution in [2.24, 2.45) is 0 Å². The average Bonchev–Trinajstić information content (AvgIpc) is 2.84. The first-order valence-corrected chi connectivity index (χ1v) is 13.1. The van der Waals surface area contributed by atoms with Gasteiger partial charge in [-0.05, 0) is 29.9 Å². The molecule has 0 aliphatic carbocycles. The van der Waals surface area contributed by atoms with Gasteiger partial charge in [-0.1, -0.05) is 73.7 Å². The Morgan fingerprint density at radius 1 is 0.941 bits per heavy atom. The first-order valence-electron chi connectivity index (χ1n) is 11.3. The number of hydrogen-bond acceptors (Lipinski definition) is 4. The van der Waals surface area contributed by atoms with E-state index in [9.17, 15) is 18.0 Å². The van der Waals surface area contributed by atoms with Crippen LogP contribution >= 0.6 is 0 Å². The Morgan fingerprint density at radius 3 is 2.24 bits per heavy atom. The van der Waals surface area contributed by atoms with Crippen LogP contribution in [0.25, 0.3) is 10.8 Å². The van der Waals surface area contributed by atoms with Crippen molar-refractivity contribution in [1.29, 1.82) is 0 Å². The minimum atomic E-state index is -3.78. The van der Waals surface area contributed by atoms with Gasteiger partial charge in [0, 0.05) is 19.0 Å². The second-order valence-electron chi connectivity index (χ2n) is 8.13. The number of nitrogens with zero attached hydrogens (tertiary/aromatic N) is 2. The van der Waals surface area contributed by atoms with Crippen LogP contribution in [0.5, 0.6) is 0 Å². The third kappa shape index (κ3) is 5.94. The maximum Gasteiger partial charge on any atom is 0.244 e. The molecule has 34 heavy (non-hydrogen) atoms. The topological polar surface area (TPSA) is 86.8 Å². The summed E-state index contributed by atoms with van der Waals surface area (Å²) in [6, 6.07) is 21.8. The van der Waals surface area contributed by atoms with Gasteiger partial charge in [0.25, 0.3) is 0 Å². The monoisotopic (exact) mass is 481 g/mol. The molecule has 3 rings (SSSR count). The second-order valence-corrected chi connectivity index (χ2v) is 10.0. The van der Waals surface area contributed by atoms with Crippen molar-refractivity contribution in [2.45, 2.75) is 25.8 Å². The highest BCUT2D eigenvalue weighted by atomic mass is 32.2. The van der Waals surface area contributed by atoms with Crippen LogP contribution in [0.3, 0.4) is 0 Å². The van der Waals surface area contributed by atoms with E-state index in [0.717, 1.165) is 26.9 Å². The van der Waals surface area contributed by atoms with Crippen LogP contribution in [0.15, 0.2) is 72.8 Å². The van der Waals surface area contributed by atoms with E-state index in [-0.39, 0.29) is 5.91 Å². The lowest BCUT2D eigenvalue weighted by molar-refractivity contribution is -0.139. The molecular formula is C26H31N3O4S. The fraction of sp³-hybridized carbons (Fsp3) is 0.308. The molecule has 0 radical (unpaired) electrons. The van der Waals surface area contributed by atoms with Crippen LogP contribution < -0.4 is 9.62 Å². The molecule has 0 spiro atoms. The predicted octanol–water partition coefficient (Wildman–Crippen LogP) is 3.20. The highest BCUT2D eigenvalue weighted by Crippen LogP contribution is 2.28. The Balaban J connectivity index is 1.96. The number of carbonyl (C=O) groups is 2. The van der Waals surface area contributed by atoms with E-state index in [1.807, 2.05) is 67.6 Å². The summed E-state index contributed by atoms with van der Waals surface area (Å²) in [6.07, 6.45) is 2.05. The lowest BCUT2D eigenvalue weighted by Crippen LogP contribution is -2.52. The number of carbonyl (C=O) groups excluding carboxylic acids is 2. The Bertz CT molecular complexity index is 1240. The van der Waals surface area contributed by atoms with Crippen LogP contribution in [-0.2, 0) is 26.0 Å². The Kier molecular flexibility index (Phi) is 8.28. The van der Waals surface area contributed by atoms with Gasteiger partial charge in [-0.3, -0.25) is 13.9 Å². The van der Waals surface area contributed by atoms with Crippen molar-refractivity contribution in [3.63, 3.8) is 0 Å². The number of nitrogens with one attached hydrogen (secondary N) is 1. The summed E-state index contributed by atoms with van der Waals surface area (Å²) in [7, 11) is -2.25. The van der Waals surface area contributed by atoms with Gasteiger partial charge in [0.05, 0.1) is 11.9 Å². The van der Waals surface area contributed by atoms with E-state index in [1.165, 1.54) is 11.9 Å². The molecule has 0 unspecified atom stereocenters. The zero-order chi connectivity index (χ0) is 24.7. The lowest BCUT2D eigenvalue weighted by atomic mass is 10.1. The molecule has 3 aromatic rings. The zero-order valence-corrected chi connectivity index (χ0v) is 20.6. The molecular weight excluding hydrogens is 450 g/mol. The maximum atomic E-state index is 13.6. The molecule has 8 heteroatoms. The van der Waals surface area contributed by atoms with Gasteiger partial charge in [0.15, 0.2) is 0 Å².